The van der Waals surface area contributed by atoms with E-state index in [9.17, 15) is 39.9 Å². The van der Waals surface area contributed by atoms with Crippen molar-refractivity contribution in [2.75, 3.05) is 36.8 Å². The zero-order valence-electron chi connectivity index (χ0n) is 20.3. The van der Waals surface area contributed by atoms with E-state index in [1.807, 2.05) is 0 Å². The van der Waals surface area contributed by atoms with Crippen LogP contribution in [0.3, 0.4) is 0 Å². The quantitative estimate of drug-likeness (QED) is 0.427. The molecule has 0 atom stereocenters. The molecule has 0 bridgehead atoms. The Kier molecular flexibility index (Phi) is 7.28. The van der Waals surface area contributed by atoms with E-state index in [4.69, 9.17) is 5.73 Å². The third-order valence-electron chi connectivity index (χ3n) is 6.31. The van der Waals surface area contributed by atoms with Gasteiger partial charge in [0.15, 0.2) is 0 Å². The van der Waals surface area contributed by atoms with Crippen molar-refractivity contribution in [3.8, 4) is 11.1 Å². The summed E-state index contributed by atoms with van der Waals surface area (Å²) in [6.07, 6.45) is -8.06. The lowest BCUT2D eigenvalue weighted by atomic mass is 9.91. The van der Waals surface area contributed by atoms with E-state index in [1.54, 1.807) is 6.92 Å². The van der Waals surface area contributed by atoms with Crippen LogP contribution in [-0.4, -0.2) is 76.1 Å². The number of halogens is 6. The van der Waals surface area contributed by atoms with Crippen LogP contribution >= 0.6 is 0 Å². The molecule has 212 valence electrons. The highest BCUT2D eigenvalue weighted by atomic mass is 32.2. The number of rotatable bonds is 6. The number of alkyl halides is 6. The molecule has 10 nitrogen and oxygen atoms in total. The normalized spacial score (nSPS) is 16.1. The molecule has 1 aliphatic rings. The zero-order valence-corrected chi connectivity index (χ0v) is 21.1. The van der Waals surface area contributed by atoms with Crippen LogP contribution in [0, 0.1) is 0 Å². The summed E-state index contributed by atoms with van der Waals surface area (Å²) in [5.41, 5.74) is -1.15. The smallest absolute Gasteiger partial charge is 0.384 e. The lowest BCUT2D eigenvalue weighted by Crippen LogP contribution is -2.54. The fraction of sp³-hybridized carbons (Fsp3) is 0.409. The maximum atomic E-state index is 13.6. The molecule has 0 aliphatic carbocycles. The third kappa shape index (κ3) is 5.12. The monoisotopic (exact) mass is 579 g/mol. The van der Waals surface area contributed by atoms with Gasteiger partial charge in [0.1, 0.15) is 16.5 Å². The molecule has 17 heteroatoms. The SMILES string of the molecule is CCn1cc(-c2cc(C(O)(C(F)(F)F)C(F)(F)F)cnc2N2CCN(S(=O)(=O)c3ccc(N)nc3)CC2)cn1. The van der Waals surface area contributed by atoms with Crippen LogP contribution in [0.1, 0.15) is 12.5 Å². The number of aromatic nitrogens is 4. The van der Waals surface area contributed by atoms with Gasteiger partial charge in [0, 0.05) is 68.0 Å². The average molecular weight is 580 g/mol. The summed E-state index contributed by atoms with van der Waals surface area (Å²) >= 11 is 0. The van der Waals surface area contributed by atoms with Gasteiger partial charge in [0.25, 0.3) is 5.60 Å². The molecule has 4 rings (SSSR count). The number of hydrogen-bond donors (Lipinski definition) is 2. The van der Waals surface area contributed by atoms with Gasteiger partial charge in [0.05, 0.1) is 6.20 Å². The molecule has 0 aromatic carbocycles. The number of anilines is 2. The number of aryl methyl sites for hydroxylation is 1. The molecule has 1 saturated heterocycles. The van der Waals surface area contributed by atoms with Gasteiger partial charge in [-0.25, -0.2) is 18.4 Å². The van der Waals surface area contributed by atoms with Crippen LogP contribution < -0.4 is 10.6 Å². The summed E-state index contributed by atoms with van der Waals surface area (Å²) < 4.78 is 110. The largest absolute Gasteiger partial charge is 0.430 e. The zero-order chi connectivity index (χ0) is 28.8. The van der Waals surface area contributed by atoms with Crippen molar-refractivity contribution in [2.45, 2.75) is 36.3 Å². The maximum absolute atomic E-state index is 13.6. The fourth-order valence-electron chi connectivity index (χ4n) is 4.12. The molecule has 1 fully saturated rings. The summed E-state index contributed by atoms with van der Waals surface area (Å²) in [4.78, 5) is 9.13. The van der Waals surface area contributed by atoms with Gasteiger partial charge < -0.3 is 15.7 Å². The van der Waals surface area contributed by atoms with Crippen molar-refractivity contribution in [1.82, 2.24) is 24.1 Å². The molecule has 0 unspecified atom stereocenters. The van der Waals surface area contributed by atoms with E-state index in [0.717, 1.165) is 6.20 Å². The number of nitrogens with two attached hydrogens (primary N) is 1. The minimum absolute atomic E-state index is 0.00676. The van der Waals surface area contributed by atoms with Gasteiger partial charge in [-0.1, -0.05) is 0 Å². The predicted molar refractivity (Wildman–Crippen MR) is 127 cm³/mol. The van der Waals surface area contributed by atoms with Gasteiger partial charge in [-0.15, -0.1) is 0 Å². The number of piperazine rings is 1. The highest BCUT2D eigenvalue weighted by Crippen LogP contribution is 2.51. The molecule has 0 radical (unpaired) electrons. The van der Waals surface area contributed by atoms with Crippen molar-refractivity contribution >= 4 is 21.7 Å². The Balaban J connectivity index is 1.71. The van der Waals surface area contributed by atoms with Gasteiger partial charge >= 0.3 is 12.4 Å². The molecular weight excluding hydrogens is 556 g/mol. The molecular formula is C22H23F6N7O3S. The van der Waals surface area contributed by atoms with Crippen molar-refractivity contribution in [2.24, 2.45) is 0 Å². The minimum Gasteiger partial charge on any atom is -0.384 e. The number of hydrogen-bond acceptors (Lipinski definition) is 8. The second kappa shape index (κ2) is 9.95. The van der Waals surface area contributed by atoms with Gasteiger partial charge in [-0.3, -0.25) is 4.68 Å². The van der Waals surface area contributed by atoms with Gasteiger partial charge in [-0.2, -0.15) is 35.7 Å². The third-order valence-corrected chi connectivity index (χ3v) is 8.19. The van der Waals surface area contributed by atoms with E-state index < -0.39 is 33.5 Å². The molecule has 39 heavy (non-hydrogen) atoms. The summed E-state index contributed by atoms with van der Waals surface area (Å²) in [6.45, 7) is 2.03. The predicted octanol–water partition coefficient (Wildman–Crippen LogP) is 2.77. The van der Waals surface area contributed by atoms with Crippen LogP contribution in [0.2, 0.25) is 0 Å². The first-order valence-electron chi connectivity index (χ1n) is 11.5. The Morgan fingerprint density at radius 3 is 2.13 bits per heavy atom. The minimum atomic E-state index is -6.09. The van der Waals surface area contributed by atoms with E-state index in [-0.39, 0.29) is 53.8 Å². The maximum Gasteiger partial charge on any atom is 0.430 e. The van der Waals surface area contributed by atoms with Crippen molar-refractivity contribution in [3.63, 3.8) is 0 Å². The second-order valence-electron chi connectivity index (χ2n) is 8.70. The Morgan fingerprint density at radius 1 is 0.974 bits per heavy atom. The van der Waals surface area contributed by atoms with Crippen LogP contribution in [-0.2, 0) is 22.2 Å². The molecule has 3 aromatic heterocycles. The van der Waals surface area contributed by atoms with E-state index >= 15 is 0 Å². The average Bonchev–Trinajstić information content (AvgIpc) is 3.36. The lowest BCUT2D eigenvalue weighted by molar-refractivity contribution is -0.376. The number of aliphatic hydroxyl groups is 1. The Labute approximate surface area is 218 Å². The van der Waals surface area contributed by atoms with Gasteiger partial charge in [-0.05, 0) is 25.1 Å². The van der Waals surface area contributed by atoms with Crippen LogP contribution in [0.5, 0.6) is 0 Å². The first-order valence-corrected chi connectivity index (χ1v) is 12.9. The van der Waals surface area contributed by atoms with Crippen molar-refractivity contribution < 1.29 is 39.9 Å². The van der Waals surface area contributed by atoms with Crippen LogP contribution in [0.4, 0.5) is 38.0 Å². The summed E-state index contributed by atoms with van der Waals surface area (Å²) in [7, 11) is -3.93. The number of sulfonamides is 1. The van der Waals surface area contributed by atoms with Crippen molar-refractivity contribution in [3.05, 3.63) is 48.5 Å². The molecule has 1 aliphatic heterocycles. The molecule has 0 spiro atoms. The van der Waals surface area contributed by atoms with E-state index in [1.165, 1.54) is 38.4 Å². The van der Waals surface area contributed by atoms with Crippen LogP contribution in [0.15, 0.2) is 47.9 Å². The number of pyridine rings is 2. The Bertz CT molecular complexity index is 1420. The molecule has 4 heterocycles. The fourth-order valence-corrected chi connectivity index (χ4v) is 5.49. The standard InChI is InChI=1S/C22H23F6N7O3S/c1-2-34-13-14(10-32-34)17-9-15(20(36,21(23,24)25)22(26,27)28)11-31-19(17)33-5-7-35(8-6-33)39(37,38)16-3-4-18(29)30-12-16/h3-4,9-13,36H,2,5-8H2,1H3,(H2,29,30). The molecule has 3 aromatic rings. The highest BCUT2D eigenvalue weighted by molar-refractivity contribution is 7.89. The molecule has 3 N–H and O–H groups in total. The topological polar surface area (TPSA) is 130 Å². The summed E-state index contributed by atoms with van der Waals surface area (Å²) in [5.74, 6) is 0.141. The second-order valence-corrected chi connectivity index (χ2v) is 10.6. The summed E-state index contributed by atoms with van der Waals surface area (Å²) in [5, 5.41) is 14.0. The molecule has 0 amide bonds. The lowest BCUT2D eigenvalue weighted by Gasteiger charge is -2.36. The molecule has 0 saturated carbocycles. The highest BCUT2D eigenvalue weighted by Gasteiger charge is 2.71. The summed E-state index contributed by atoms with van der Waals surface area (Å²) in [6, 6.07) is 3.22. The van der Waals surface area contributed by atoms with E-state index in [2.05, 4.69) is 15.1 Å². The Hall–Kier alpha value is -3.44. The van der Waals surface area contributed by atoms with Crippen LogP contribution in [0.25, 0.3) is 11.1 Å². The van der Waals surface area contributed by atoms with Crippen molar-refractivity contribution in [1.29, 1.82) is 0 Å². The Morgan fingerprint density at radius 2 is 1.62 bits per heavy atom. The first kappa shape index (κ1) is 28.6. The number of nitrogens with zero attached hydrogens (tertiary/aromatic N) is 6. The van der Waals surface area contributed by atoms with E-state index in [0.29, 0.717) is 18.8 Å². The number of nitrogen functional groups attached to an aromatic ring is 1. The van der Waals surface area contributed by atoms with Gasteiger partial charge in [0.2, 0.25) is 10.0 Å². The first-order chi connectivity index (χ1) is 18.1.